The second-order valence-electron chi connectivity index (χ2n) is 1.35. The zero-order valence-corrected chi connectivity index (χ0v) is 4.20. The molecule has 0 heterocycles. The molecular formula is C4H7NO3. The van der Waals surface area contributed by atoms with Crippen molar-refractivity contribution < 1.29 is 14.7 Å². The van der Waals surface area contributed by atoms with Gasteiger partial charge in [-0.3, -0.25) is 4.79 Å². The number of hydrogen-bond donors (Lipinski definition) is 2. The van der Waals surface area contributed by atoms with Gasteiger partial charge in [-0.05, 0) is 0 Å². The number of carboxylic acids is 1. The highest BCUT2D eigenvalue weighted by molar-refractivity contribution is 5.76. The van der Waals surface area contributed by atoms with Crippen LogP contribution in [0.15, 0.2) is 0 Å². The lowest BCUT2D eigenvalue weighted by atomic mass is 10.2. The van der Waals surface area contributed by atoms with Crippen LogP contribution in [0.3, 0.4) is 0 Å². The van der Waals surface area contributed by atoms with Gasteiger partial charge in [-0.2, -0.15) is 0 Å². The summed E-state index contributed by atoms with van der Waals surface area (Å²) in [7, 11) is 0. The molecule has 0 aromatic rings. The summed E-state index contributed by atoms with van der Waals surface area (Å²) in [5.74, 6) is -1.14. The Kier molecular flexibility index (Phi) is 2.79. The number of carboxylic acid groups (broad SMARTS) is 1. The van der Waals surface area contributed by atoms with E-state index in [4.69, 9.17) is 10.8 Å². The molecule has 0 saturated heterocycles. The molecule has 4 nitrogen and oxygen atoms in total. The lowest BCUT2D eigenvalue weighted by Crippen LogP contribution is -2.30. The average molecular weight is 117 g/mol. The average Bonchev–Trinajstić information content (AvgIpc) is 1.67. The van der Waals surface area contributed by atoms with Gasteiger partial charge in [-0.1, -0.05) is 0 Å². The molecule has 0 spiro atoms. The van der Waals surface area contributed by atoms with Crippen LogP contribution in [0.1, 0.15) is 6.42 Å². The predicted octanol–water partition coefficient (Wildman–Crippen LogP) is -1.01. The van der Waals surface area contributed by atoms with Crippen LogP contribution in [-0.4, -0.2) is 23.4 Å². The smallest absolute Gasteiger partial charge is 0.320 e. The van der Waals surface area contributed by atoms with E-state index >= 15 is 0 Å². The van der Waals surface area contributed by atoms with Gasteiger partial charge in [0.1, 0.15) is 12.3 Å². The number of carbonyl (C=O) groups is 2. The Morgan fingerprint density at radius 2 is 2.38 bits per heavy atom. The van der Waals surface area contributed by atoms with E-state index < -0.39 is 12.0 Å². The summed E-state index contributed by atoms with van der Waals surface area (Å²) in [4.78, 5) is 19.4. The molecular weight excluding hydrogens is 110 g/mol. The largest absolute Gasteiger partial charge is 0.480 e. The topological polar surface area (TPSA) is 80.4 Å². The fourth-order valence-electron chi connectivity index (χ4n) is 0.204. The number of aliphatic carboxylic acids is 1. The lowest BCUT2D eigenvalue weighted by Gasteiger charge is -1.96. The second-order valence-corrected chi connectivity index (χ2v) is 1.35. The minimum Gasteiger partial charge on any atom is -0.480 e. The Labute approximate surface area is 46.3 Å². The van der Waals surface area contributed by atoms with Crippen LogP contribution in [0.4, 0.5) is 0 Å². The van der Waals surface area contributed by atoms with Gasteiger partial charge in [0.2, 0.25) is 0 Å². The molecule has 0 unspecified atom stereocenters. The Bertz CT molecular complexity index is 101. The van der Waals surface area contributed by atoms with Gasteiger partial charge >= 0.3 is 5.97 Å². The van der Waals surface area contributed by atoms with E-state index in [2.05, 4.69) is 0 Å². The summed E-state index contributed by atoms with van der Waals surface area (Å²) >= 11 is 0. The molecule has 3 N–H and O–H groups in total. The van der Waals surface area contributed by atoms with Crippen molar-refractivity contribution in [2.45, 2.75) is 12.5 Å². The van der Waals surface area contributed by atoms with Crippen LogP contribution in [0.2, 0.25) is 0 Å². The van der Waals surface area contributed by atoms with Gasteiger partial charge < -0.3 is 15.6 Å². The van der Waals surface area contributed by atoms with Crippen LogP contribution in [0.25, 0.3) is 0 Å². The summed E-state index contributed by atoms with van der Waals surface area (Å²) in [6, 6.07) is -1.03. The third kappa shape index (κ3) is 2.30. The minimum atomic E-state index is -1.14. The summed E-state index contributed by atoms with van der Waals surface area (Å²) in [5.41, 5.74) is 4.90. The normalized spacial score (nSPS) is 12.6. The quantitative estimate of drug-likeness (QED) is 0.464. The molecule has 4 heteroatoms. The Balaban J connectivity index is 3.46. The Morgan fingerprint density at radius 3 is 2.50 bits per heavy atom. The van der Waals surface area contributed by atoms with Crippen LogP contribution < -0.4 is 5.73 Å². The molecule has 1 atom stereocenters. The number of aldehydes is 1. The molecule has 46 valence electrons. The van der Waals surface area contributed by atoms with Crippen molar-refractivity contribution in [1.29, 1.82) is 0 Å². The van der Waals surface area contributed by atoms with Crippen molar-refractivity contribution >= 4 is 12.3 Å². The Hall–Kier alpha value is -0.900. The number of hydrogen-bond acceptors (Lipinski definition) is 3. The SMILES string of the molecule is N[C@H](CC=O)C(=O)O. The third-order valence-corrected chi connectivity index (χ3v) is 0.667. The molecule has 8 heavy (non-hydrogen) atoms. The Morgan fingerprint density at radius 1 is 1.88 bits per heavy atom. The van der Waals surface area contributed by atoms with Gasteiger partial charge in [0.15, 0.2) is 0 Å². The molecule has 0 aliphatic rings. The first-order chi connectivity index (χ1) is 3.68. The highest BCUT2D eigenvalue weighted by Gasteiger charge is 2.08. The molecule has 0 aromatic carbocycles. The van der Waals surface area contributed by atoms with E-state index in [-0.39, 0.29) is 6.42 Å². The van der Waals surface area contributed by atoms with Crippen LogP contribution in [0.5, 0.6) is 0 Å². The van der Waals surface area contributed by atoms with Crippen molar-refractivity contribution in [1.82, 2.24) is 0 Å². The predicted molar refractivity (Wildman–Crippen MR) is 26.3 cm³/mol. The first-order valence-corrected chi connectivity index (χ1v) is 2.10. The van der Waals surface area contributed by atoms with Crippen molar-refractivity contribution in [3.8, 4) is 0 Å². The molecule has 0 saturated carbocycles. The monoisotopic (exact) mass is 117 g/mol. The summed E-state index contributed by atoms with van der Waals surface area (Å²) < 4.78 is 0. The first-order valence-electron chi connectivity index (χ1n) is 2.10. The van der Waals surface area contributed by atoms with Crippen LogP contribution in [0, 0.1) is 0 Å². The maximum Gasteiger partial charge on any atom is 0.320 e. The van der Waals surface area contributed by atoms with Crippen molar-refractivity contribution in [3.63, 3.8) is 0 Å². The van der Waals surface area contributed by atoms with E-state index in [1.807, 2.05) is 0 Å². The maximum atomic E-state index is 9.81. The third-order valence-electron chi connectivity index (χ3n) is 0.667. The highest BCUT2D eigenvalue weighted by atomic mass is 16.4. The van der Waals surface area contributed by atoms with Gasteiger partial charge in [-0.25, -0.2) is 0 Å². The van der Waals surface area contributed by atoms with Crippen LogP contribution in [-0.2, 0) is 9.59 Å². The van der Waals surface area contributed by atoms with Crippen molar-refractivity contribution in [2.24, 2.45) is 5.73 Å². The highest BCUT2D eigenvalue weighted by Crippen LogP contribution is 1.80. The van der Waals surface area contributed by atoms with E-state index in [0.29, 0.717) is 6.29 Å². The van der Waals surface area contributed by atoms with Crippen LogP contribution >= 0.6 is 0 Å². The maximum absolute atomic E-state index is 9.81. The number of rotatable bonds is 3. The molecule has 0 aliphatic heterocycles. The zero-order valence-electron chi connectivity index (χ0n) is 4.20. The second kappa shape index (κ2) is 3.15. The van der Waals surface area contributed by atoms with Gasteiger partial charge in [0.25, 0.3) is 0 Å². The fourth-order valence-corrected chi connectivity index (χ4v) is 0.204. The first kappa shape index (κ1) is 7.10. The minimum absolute atomic E-state index is 0.116. The number of carbonyl (C=O) groups excluding carboxylic acids is 1. The molecule has 0 amide bonds. The summed E-state index contributed by atoms with van der Waals surface area (Å²) in [6.07, 6.45) is 0.369. The molecule has 0 fully saturated rings. The van der Waals surface area contributed by atoms with E-state index in [9.17, 15) is 9.59 Å². The molecule has 0 radical (unpaired) electrons. The standard InChI is InChI=1S/C4H7NO3/c5-3(1-2-6)4(7)8/h2-3H,1,5H2,(H,7,8)/t3-/m1/s1. The van der Waals surface area contributed by atoms with Gasteiger partial charge in [-0.15, -0.1) is 0 Å². The van der Waals surface area contributed by atoms with Gasteiger partial charge in [0, 0.05) is 6.42 Å². The van der Waals surface area contributed by atoms with Gasteiger partial charge in [0.05, 0.1) is 0 Å². The summed E-state index contributed by atoms with van der Waals surface area (Å²) in [5, 5.41) is 8.03. The molecule has 0 aliphatic carbocycles. The molecule has 0 aromatic heterocycles. The van der Waals surface area contributed by atoms with Crippen molar-refractivity contribution in [2.75, 3.05) is 0 Å². The molecule has 0 rings (SSSR count). The van der Waals surface area contributed by atoms with E-state index in [1.165, 1.54) is 0 Å². The van der Waals surface area contributed by atoms with Crippen molar-refractivity contribution in [3.05, 3.63) is 0 Å². The lowest BCUT2D eigenvalue weighted by molar-refractivity contribution is -0.139. The number of nitrogens with two attached hydrogens (primary N) is 1. The summed E-state index contributed by atoms with van der Waals surface area (Å²) in [6.45, 7) is 0. The zero-order chi connectivity index (χ0) is 6.57. The van der Waals surface area contributed by atoms with E-state index in [1.54, 1.807) is 0 Å². The fraction of sp³-hybridized carbons (Fsp3) is 0.500. The molecule has 0 bridgehead atoms. The van der Waals surface area contributed by atoms with E-state index in [0.717, 1.165) is 0 Å².